The highest BCUT2D eigenvalue weighted by Crippen LogP contribution is 2.16. The van der Waals surface area contributed by atoms with Gasteiger partial charge in [0.15, 0.2) is 5.82 Å². The van der Waals surface area contributed by atoms with Crippen LogP contribution in [-0.2, 0) is 27.7 Å². The Kier molecular flexibility index (Phi) is 8.13. The highest BCUT2D eigenvalue weighted by molar-refractivity contribution is 7.89. The number of sulfonamides is 1. The van der Waals surface area contributed by atoms with E-state index in [0.29, 0.717) is 36.5 Å². The van der Waals surface area contributed by atoms with Crippen LogP contribution in [0.25, 0.3) is 0 Å². The molecule has 9 heteroatoms. The minimum Gasteiger partial charge on any atom is -0.355 e. The molecule has 0 saturated carbocycles. The van der Waals surface area contributed by atoms with Crippen molar-refractivity contribution in [2.45, 2.75) is 57.8 Å². The van der Waals surface area contributed by atoms with Crippen molar-refractivity contribution in [2.75, 3.05) is 13.1 Å². The van der Waals surface area contributed by atoms with Crippen LogP contribution in [-0.4, -0.2) is 37.6 Å². The molecule has 0 unspecified atom stereocenters. The first-order valence-corrected chi connectivity index (χ1v) is 10.9. The summed E-state index contributed by atoms with van der Waals surface area (Å²) in [5.74, 6) is 1.09. The number of hydrogen-bond donors (Lipinski definition) is 2. The van der Waals surface area contributed by atoms with Crippen LogP contribution in [0.3, 0.4) is 0 Å². The van der Waals surface area contributed by atoms with Gasteiger partial charge in [-0.3, -0.25) is 4.79 Å². The van der Waals surface area contributed by atoms with Crippen LogP contribution in [0, 0.1) is 13.8 Å². The topological polar surface area (TPSA) is 114 Å². The molecule has 0 spiro atoms. The zero-order valence-corrected chi connectivity index (χ0v) is 17.4. The lowest BCUT2D eigenvalue weighted by Gasteiger charge is -2.10. The van der Waals surface area contributed by atoms with Gasteiger partial charge in [-0.1, -0.05) is 24.2 Å². The SMILES string of the molecule is CCCc1noc(CCCC(=O)NCCNS(=O)(=O)c2cc(C)ccc2C)n1. The molecule has 0 aliphatic carbocycles. The van der Waals surface area contributed by atoms with Crippen LogP contribution in [0.1, 0.15) is 49.0 Å². The van der Waals surface area contributed by atoms with E-state index in [-0.39, 0.29) is 23.9 Å². The van der Waals surface area contributed by atoms with E-state index in [9.17, 15) is 13.2 Å². The first kappa shape index (κ1) is 22.0. The molecule has 0 aliphatic heterocycles. The Labute approximate surface area is 166 Å². The van der Waals surface area contributed by atoms with Crippen LogP contribution in [0.15, 0.2) is 27.6 Å². The number of rotatable bonds is 11. The minimum atomic E-state index is -3.60. The van der Waals surface area contributed by atoms with Gasteiger partial charge >= 0.3 is 0 Å². The quantitative estimate of drug-likeness (QED) is 0.550. The lowest BCUT2D eigenvalue weighted by molar-refractivity contribution is -0.121. The number of aryl methyl sites for hydroxylation is 4. The van der Waals surface area contributed by atoms with Gasteiger partial charge in [0.1, 0.15) is 0 Å². The fourth-order valence-corrected chi connectivity index (χ4v) is 4.03. The number of carbonyl (C=O) groups excluding carboxylic acids is 1. The van der Waals surface area contributed by atoms with Crippen LogP contribution >= 0.6 is 0 Å². The molecule has 1 heterocycles. The zero-order valence-electron chi connectivity index (χ0n) is 16.6. The molecule has 2 rings (SSSR count). The second kappa shape index (κ2) is 10.3. The summed E-state index contributed by atoms with van der Waals surface area (Å²) in [6.07, 6.45) is 3.18. The maximum absolute atomic E-state index is 12.4. The Balaban J connectivity index is 1.68. The second-order valence-electron chi connectivity index (χ2n) is 6.72. The summed E-state index contributed by atoms with van der Waals surface area (Å²) in [6.45, 7) is 6.00. The van der Waals surface area contributed by atoms with Crippen molar-refractivity contribution in [1.82, 2.24) is 20.2 Å². The number of hydrogen-bond acceptors (Lipinski definition) is 6. The fraction of sp³-hybridized carbons (Fsp3) is 0.526. The number of carbonyl (C=O) groups is 1. The standard InChI is InChI=1S/C19H28N4O4S/c1-4-6-17-22-19(27-23-17)8-5-7-18(24)20-11-12-21-28(25,26)16-13-14(2)9-10-15(16)3/h9-10,13,21H,4-8,11-12H2,1-3H3,(H,20,24). The third kappa shape index (κ3) is 6.72. The summed E-state index contributed by atoms with van der Waals surface area (Å²) in [5, 5.41) is 6.58. The summed E-state index contributed by atoms with van der Waals surface area (Å²) < 4.78 is 32.4. The largest absolute Gasteiger partial charge is 0.355 e. The van der Waals surface area contributed by atoms with Gasteiger partial charge in [0.25, 0.3) is 0 Å². The summed E-state index contributed by atoms with van der Waals surface area (Å²) in [7, 11) is -3.60. The van der Waals surface area contributed by atoms with Gasteiger partial charge in [-0.15, -0.1) is 0 Å². The maximum atomic E-state index is 12.4. The summed E-state index contributed by atoms with van der Waals surface area (Å²) >= 11 is 0. The summed E-state index contributed by atoms with van der Waals surface area (Å²) in [5.41, 5.74) is 1.56. The van der Waals surface area contributed by atoms with E-state index in [1.165, 1.54) is 0 Å². The molecular formula is C19H28N4O4S. The molecule has 1 aromatic carbocycles. The first-order chi connectivity index (χ1) is 13.3. The van der Waals surface area contributed by atoms with Crippen molar-refractivity contribution in [1.29, 1.82) is 0 Å². The molecule has 1 amide bonds. The third-order valence-electron chi connectivity index (χ3n) is 4.15. The van der Waals surface area contributed by atoms with Crippen LogP contribution in [0.2, 0.25) is 0 Å². The number of nitrogens with one attached hydrogen (secondary N) is 2. The van der Waals surface area contributed by atoms with Gasteiger partial charge < -0.3 is 9.84 Å². The van der Waals surface area contributed by atoms with E-state index in [1.807, 2.05) is 19.9 Å². The number of amides is 1. The second-order valence-corrected chi connectivity index (χ2v) is 8.46. The predicted molar refractivity (Wildman–Crippen MR) is 105 cm³/mol. The number of benzene rings is 1. The third-order valence-corrected chi connectivity index (χ3v) is 5.75. The summed E-state index contributed by atoms with van der Waals surface area (Å²) in [6, 6.07) is 5.29. The van der Waals surface area contributed by atoms with Gasteiger partial charge in [0.2, 0.25) is 21.8 Å². The molecule has 1 aromatic heterocycles. The molecular weight excluding hydrogens is 380 g/mol. The minimum absolute atomic E-state index is 0.130. The van der Waals surface area contributed by atoms with Gasteiger partial charge in [0.05, 0.1) is 4.90 Å². The molecule has 2 N–H and O–H groups in total. The monoisotopic (exact) mass is 408 g/mol. The lowest BCUT2D eigenvalue weighted by Crippen LogP contribution is -2.34. The van der Waals surface area contributed by atoms with E-state index in [1.54, 1.807) is 19.1 Å². The summed E-state index contributed by atoms with van der Waals surface area (Å²) in [4.78, 5) is 16.4. The highest BCUT2D eigenvalue weighted by atomic mass is 32.2. The van der Waals surface area contributed by atoms with E-state index in [2.05, 4.69) is 20.2 Å². The Morgan fingerprint density at radius 2 is 1.96 bits per heavy atom. The van der Waals surface area contributed by atoms with Crippen molar-refractivity contribution in [3.8, 4) is 0 Å². The van der Waals surface area contributed by atoms with E-state index in [0.717, 1.165) is 18.4 Å². The molecule has 0 saturated heterocycles. The highest BCUT2D eigenvalue weighted by Gasteiger charge is 2.16. The molecule has 0 aliphatic rings. The van der Waals surface area contributed by atoms with Crippen LogP contribution in [0.4, 0.5) is 0 Å². The van der Waals surface area contributed by atoms with Crippen molar-refractivity contribution < 1.29 is 17.7 Å². The van der Waals surface area contributed by atoms with Gasteiger partial charge in [-0.05, 0) is 43.9 Å². The Hall–Kier alpha value is -2.26. The number of nitrogens with zero attached hydrogens (tertiary/aromatic N) is 2. The smallest absolute Gasteiger partial charge is 0.240 e. The van der Waals surface area contributed by atoms with E-state index < -0.39 is 10.0 Å². The van der Waals surface area contributed by atoms with Gasteiger partial charge in [-0.2, -0.15) is 4.98 Å². The molecule has 0 bridgehead atoms. The molecule has 0 fully saturated rings. The van der Waals surface area contributed by atoms with Gasteiger partial charge in [-0.25, -0.2) is 13.1 Å². The fourth-order valence-electron chi connectivity index (χ4n) is 2.67. The van der Waals surface area contributed by atoms with Crippen LogP contribution in [0.5, 0.6) is 0 Å². The van der Waals surface area contributed by atoms with Crippen molar-refractivity contribution in [3.63, 3.8) is 0 Å². The Bertz CT molecular complexity index is 893. The molecule has 0 radical (unpaired) electrons. The predicted octanol–water partition coefficient (Wildman–Crippen LogP) is 2.06. The van der Waals surface area contributed by atoms with Crippen molar-refractivity contribution >= 4 is 15.9 Å². The molecule has 0 atom stereocenters. The average Bonchev–Trinajstić information content (AvgIpc) is 3.08. The normalized spacial score (nSPS) is 11.5. The number of aromatic nitrogens is 2. The van der Waals surface area contributed by atoms with Crippen LogP contribution < -0.4 is 10.0 Å². The zero-order chi connectivity index (χ0) is 20.6. The Morgan fingerprint density at radius 1 is 1.18 bits per heavy atom. The molecule has 154 valence electrons. The molecule has 2 aromatic rings. The van der Waals surface area contributed by atoms with Gasteiger partial charge in [0, 0.05) is 32.4 Å². The average molecular weight is 409 g/mol. The molecule has 8 nitrogen and oxygen atoms in total. The van der Waals surface area contributed by atoms with E-state index in [4.69, 9.17) is 4.52 Å². The van der Waals surface area contributed by atoms with Crippen molar-refractivity contribution in [3.05, 3.63) is 41.0 Å². The Morgan fingerprint density at radius 3 is 2.71 bits per heavy atom. The first-order valence-electron chi connectivity index (χ1n) is 9.47. The van der Waals surface area contributed by atoms with Crippen molar-refractivity contribution in [2.24, 2.45) is 0 Å². The lowest BCUT2D eigenvalue weighted by atomic mass is 10.2. The van der Waals surface area contributed by atoms with E-state index >= 15 is 0 Å². The molecule has 28 heavy (non-hydrogen) atoms. The maximum Gasteiger partial charge on any atom is 0.240 e.